The van der Waals surface area contributed by atoms with Gasteiger partial charge in [-0.3, -0.25) is 4.79 Å². The van der Waals surface area contributed by atoms with Gasteiger partial charge in [0.1, 0.15) is 5.75 Å². The van der Waals surface area contributed by atoms with E-state index in [4.69, 9.17) is 10.5 Å². The average Bonchev–Trinajstić information content (AvgIpc) is 2.83. The summed E-state index contributed by atoms with van der Waals surface area (Å²) in [7, 11) is 0. The first-order valence-electron chi connectivity index (χ1n) is 6.00. The van der Waals surface area contributed by atoms with Crippen molar-refractivity contribution >= 4 is 23.0 Å². The Labute approximate surface area is 105 Å². The molecule has 3 rings (SSSR count). The Morgan fingerprint density at radius 3 is 2.89 bits per heavy atom. The number of amides is 1. The van der Waals surface area contributed by atoms with Crippen molar-refractivity contribution in [3.05, 3.63) is 24.3 Å². The van der Waals surface area contributed by atoms with Gasteiger partial charge in [0.05, 0.1) is 17.1 Å². The molecule has 1 amide bonds. The number of hydrogen-bond donors (Lipinski definition) is 3. The summed E-state index contributed by atoms with van der Waals surface area (Å²) in [6, 6.07) is 3.96. The highest BCUT2D eigenvalue weighted by Crippen LogP contribution is 2.36. The third-order valence-electron chi connectivity index (χ3n) is 3.15. The molecular formula is C13H15N3O2. The van der Waals surface area contributed by atoms with Crippen LogP contribution in [0.2, 0.25) is 0 Å². The number of rotatable bonds is 2. The van der Waals surface area contributed by atoms with E-state index < -0.39 is 0 Å². The first-order chi connectivity index (χ1) is 8.72. The summed E-state index contributed by atoms with van der Waals surface area (Å²) in [5.74, 6) is 0.489. The first-order valence-corrected chi connectivity index (χ1v) is 6.00. The van der Waals surface area contributed by atoms with Gasteiger partial charge < -0.3 is 21.1 Å². The summed E-state index contributed by atoms with van der Waals surface area (Å²) < 4.78 is 5.31. The molecule has 5 heteroatoms. The van der Waals surface area contributed by atoms with Crippen LogP contribution in [0.4, 0.5) is 17.1 Å². The van der Waals surface area contributed by atoms with Gasteiger partial charge in [0.2, 0.25) is 0 Å². The Morgan fingerprint density at radius 1 is 1.33 bits per heavy atom. The molecule has 0 spiro atoms. The lowest BCUT2D eigenvalue weighted by Crippen LogP contribution is -2.26. The van der Waals surface area contributed by atoms with Crippen LogP contribution in [0.25, 0.3) is 0 Å². The van der Waals surface area contributed by atoms with Gasteiger partial charge in [0.15, 0.2) is 6.61 Å². The molecule has 0 atom stereocenters. The maximum absolute atomic E-state index is 11.3. The van der Waals surface area contributed by atoms with E-state index >= 15 is 0 Å². The summed E-state index contributed by atoms with van der Waals surface area (Å²) in [6.45, 7) is 0.0474. The van der Waals surface area contributed by atoms with Crippen molar-refractivity contribution in [2.75, 3.05) is 23.0 Å². The molecule has 94 valence electrons. The zero-order chi connectivity index (χ0) is 12.5. The monoisotopic (exact) mass is 245 g/mol. The standard InChI is InChI=1S/C13H15N3O2/c14-9-5-12-11(16-13(17)7-18-12)6-10(9)15-8-3-1-2-4-8/h1-2,5-6,8,15H,3-4,7,14H2,(H,16,17). The number of hydrogen-bond acceptors (Lipinski definition) is 4. The number of nitrogens with one attached hydrogen (secondary N) is 2. The molecule has 0 fully saturated rings. The van der Waals surface area contributed by atoms with Crippen molar-refractivity contribution in [2.45, 2.75) is 18.9 Å². The average molecular weight is 245 g/mol. The van der Waals surface area contributed by atoms with Crippen LogP contribution >= 0.6 is 0 Å². The minimum atomic E-state index is -0.138. The molecule has 5 nitrogen and oxygen atoms in total. The second kappa shape index (κ2) is 4.25. The quantitative estimate of drug-likeness (QED) is 0.548. The van der Waals surface area contributed by atoms with Crippen LogP contribution in [0.5, 0.6) is 5.75 Å². The van der Waals surface area contributed by atoms with Crippen LogP contribution in [0, 0.1) is 0 Å². The van der Waals surface area contributed by atoms with E-state index in [1.807, 2.05) is 6.07 Å². The molecule has 0 aromatic heterocycles. The Kier molecular flexibility index (Phi) is 2.59. The van der Waals surface area contributed by atoms with Crippen LogP contribution in [0.15, 0.2) is 24.3 Å². The van der Waals surface area contributed by atoms with Gasteiger partial charge in [-0.1, -0.05) is 12.2 Å². The number of carbonyl (C=O) groups excluding carboxylic acids is 1. The molecule has 0 saturated heterocycles. The van der Waals surface area contributed by atoms with E-state index in [1.54, 1.807) is 6.07 Å². The number of fused-ring (bicyclic) bond motifs is 1. The van der Waals surface area contributed by atoms with E-state index in [1.165, 1.54) is 0 Å². The number of benzene rings is 1. The number of anilines is 3. The minimum Gasteiger partial charge on any atom is -0.482 e. The van der Waals surface area contributed by atoms with Gasteiger partial charge in [0, 0.05) is 12.1 Å². The van der Waals surface area contributed by atoms with E-state index in [2.05, 4.69) is 22.8 Å². The van der Waals surface area contributed by atoms with Gasteiger partial charge in [-0.15, -0.1) is 0 Å². The molecule has 0 unspecified atom stereocenters. The SMILES string of the molecule is Nc1cc2c(cc1NC1CC=CC1)NC(=O)CO2. The summed E-state index contributed by atoms with van der Waals surface area (Å²) in [5.41, 5.74) is 8.13. The summed E-state index contributed by atoms with van der Waals surface area (Å²) in [6.07, 6.45) is 6.30. The molecule has 0 bridgehead atoms. The highest BCUT2D eigenvalue weighted by molar-refractivity contribution is 5.97. The number of nitrogen functional groups attached to an aromatic ring is 1. The Bertz CT molecular complexity index is 517. The van der Waals surface area contributed by atoms with Gasteiger partial charge in [-0.05, 0) is 18.9 Å². The molecule has 0 radical (unpaired) electrons. The predicted molar refractivity (Wildman–Crippen MR) is 70.8 cm³/mol. The fourth-order valence-electron chi connectivity index (χ4n) is 2.22. The van der Waals surface area contributed by atoms with E-state index in [-0.39, 0.29) is 12.5 Å². The Balaban J connectivity index is 1.85. The zero-order valence-electron chi connectivity index (χ0n) is 9.90. The molecule has 18 heavy (non-hydrogen) atoms. The van der Waals surface area contributed by atoms with Crippen molar-refractivity contribution in [2.24, 2.45) is 0 Å². The fourth-order valence-corrected chi connectivity index (χ4v) is 2.22. The number of nitrogens with two attached hydrogens (primary N) is 1. The van der Waals surface area contributed by atoms with Crippen molar-refractivity contribution in [1.29, 1.82) is 0 Å². The largest absolute Gasteiger partial charge is 0.482 e. The zero-order valence-corrected chi connectivity index (χ0v) is 9.90. The molecule has 1 aliphatic heterocycles. The van der Waals surface area contributed by atoms with Crippen molar-refractivity contribution in [3.63, 3.8) is 0 Å². The third-order valence-corrected chi connectivity index (χ3v) is 3.15. The molecule has 1 heterocycles. The Hall–Kier alpha value is -2.17. The maximum atomic E-state index is 11.3. The maximum Gasteiger partial charge on any atom is 0.262 e. The normalized spacial score (nSPS) is 18.1. The number of ether oxygens (including phenoxy) is 1. The van der Waals surface area contributed by atoms with Gasteiger partial charge in [-0.2, -0.15) is 0 Å². The van der Waals surface area contributed by atoms with Crippen LogP contribution in [-0.2, 0) is 4.79 Å². The summed E-state index contributed by atoms with van der Waals surface area (Å²) in [5, 5.41) is 6.16. The lowest BCUT2D eigenvalue weighted by atomic mass is 10.1. The summed E-state index contributed by atoms with van der Waals surface area (Å²) in [4.78, 5) is 11.3. The van der Waals surface area contributed by atoms with Crippen LogP contribution in [0.1, 0.15) is 12.8 Å². The first kappa shape index (κ1) is 11.0. The van der Waals surface area contributed by atoms with Gasteiger partial charge in [-0.25, -0.2) is 0 Å². The van der Waals surface area contributed by atoms with Crippen LogP contribution in [0.3, 0.4) is 0 Å². The lowest BCUT2D eigenvalue weighted by Gasteiger charge is -2.22. The topological polar surface area (TPSA) is 76.4 Å². The lowest BCUT2D eigenvalue weighted by molar-refractivity contribution is -0.118. The predicted octanol–water partition coefficient (Wildman–Crippen LogP) is 1.73. The van der Waals surface area contributed by atoms with Gasteiger partial charge >= 0.3 is 0 Å². The molecule has 1 aromatic rings. The van der Waals surface area contributed by atoms with Crippen LogP contribution in [-0.4, -0.2) is 18.6 Å². The van der Waals surface area contributed by atoms with E-state index in [0.717, 1.165) is 18.5 Å². The molecular weight excluding hydrogens is 230 g/mol. The highest BCUT2D eigenvalue weighted by Gasteiger charge is 2.19. The second-order valence-corrected chi connectivity index (χ2v) is 4.56. The molecule has 0 saturated carbocycles. The van der Waals surface area contributed by atoms with E-state index in [9.17, 15) is 4.79 Å². The van der Waals surface area contributed by atoms with Crippen molar-refractivity contribution in [3.8, 4) is 5.75 Å². The highest BCUT2D eigenvalue weighted by atomic mass is 16.5. The molecule has 1 aromatic carbocycles. The van der Waals surface area contributed by atoms with E-state index in [0.29, 0.717) is 23.2 Å². The van der Waals surface area contributed by atoms with Crippen LogP contribution < -0.4 is 21.1 Å². The fraction of sp³-hybridized carbons (Fsp3) is 0.308. The molecule has 4 N–H and O–H groups in total. The van der Waals surface area contributed by atoms with Crippen molar-refractivity contribution < 1.29 is 9.53 Å². The third kappa shape index (κ3) is 1.99. The number of carbonyl (C=O) groups is 1. The second-order valence-electron chi connectivity index (χ2n) is 4.56. The molecule has 1 aliphatic carbocycles. The summed E-state index contributed by atoms with van der Waals surface area (Å²) >= 11 is 0. The smallest absolute Gasteiger partial charge is 0.262 e. The Morgan fingerprint density at radius 2 is 2.11 bits per heavy atom. The van der Waals surface area contributed by atoms with Gasteiger partial charge in [0.25, 0.3) is 5.91 Å². The molecule has 2 aliphatic rings. The minimum absolute atomic E-state index is 0.0474. The van der Waals surface area contributed by atoms with Crippen molar-refractivity contribution in [1.82, 2.24) is 0 Å².